The average Bonchev–Trinajstić information content (AvgIpc) is 2.95. The zero-order valence-electron chi connectivity index (χ0n) is 15.7. The van der Waals surface area contributed by atoms with Crippen LogP contribution in [0.2, 0.25) is 0 Å². The van der Waals surface area contributed by atoms with Crippen LogP contribution in [-0.4, -0.2) is 41.3 Å². The highest BCUT2D eigenvalue weighted by Crippen LogP contribution is 2.24. The minimum Gasteiger partial charge on any atom is -0.445 e. The highest BCUT2D eigenvalue weighted by atomic mass is 16.6. The summed E-state index contributed by atoms with van der Waals surface area (Å²) in [6.07, 6.45) is 2.22. The first kappa shape index (κ1) is 19.8. The first-order valence-corrected chi connectivity index (χ1v) is 8.86. The predicted molar refractivity (Wildman–Crippen MR) is 99.7 cm³/mol. The molecule has 1 aromatic rings. The molecule has 6 heteroatoms. The number of rotatable bonds is 5. The zero-order valence-corrected chi connectivity index (χ0v) is 15.7. The van der Waals surface area contributed by atoms with Crippen molar-refractivity contribution < 1.29 is 19.1 Å². The van der Waals surface area contributed by atoms with Gasteiger partial charge in [-0.3, -0.25) is 0 Å². The van der Waals surface area contributed by atoms with E-state index in [1.165, 1.54) is 0 Å². The summed E-state index contributed by atoms with van der Waals surface area (Å²) in [6.45, 7) is 9.86. The van der Waals surface area contributed by atoms with E-state index in [0.29, 0.717) is 19.4 Å². The van der Waals surface area contributed by atoms with Crippen LogP contribution in [0.25, 0.3) is 0 Å². The number of ether oxygens (including phenoxy) is 2. The highest BCUT2D eigenvalue weighted by molar-refractivity contribution is 5.70. The minimum absolute atomic E-state index is 0.0400. The monoisotopic (exact) mass is 360 g/mol. The predicted octanol–water partition coefficient (Wildman–Crippen LogP) is 3.87. The Hall–Kier alpha value is -2.50. The molecule has 0 aromatic heterocycles. The van der Waals surface area contributed by atoms with Crippen LogP contribution in [-0.2, 0) is 16.1 Å². The molecule has 2 amide bonds. The van der Waals surface area contributed by atoms with E-state index in [1.807, 2.05) is 51.1 Å². The van der Waals surface area contributed by atoms with E-state index in [0.717, 1.165) is 5.56 Å². The first-order valence-electron chi connectivity index (χ1n) is 8.86. The summed E-state index contributed by atoms with van der Waals surface area (Å²) in [5.74, 6) is 0. The fraction of sp³-hybridized carbons (Fsp3) is 0.500. The van der Waals surface area contributed by atoms with E-state index >= 15 is 0 Å². The molecule has 6 nitrogen and oxygen atoms in total. The summed E-state index contributed by atoms with van der Waals surface area (Å²) < 4.78 is 10.7. The lowest BCUT2D eigenvalue weighted by Crippen LogP contribution is -2.42. The van der Waals surface area contributed by atoms with Crippen molar-refractivity contribution >= 4 is 12.2 Å². The summed E-state index contributed by atoms with van der Waals surface area (Å²) >= 11 is 0. The van der Waals surface area contributed by atoms with Gasteiger partial charge in [0.2, 0.25) is 0 Å². The second-order valence-electron chi connectivity index (χ2n) is 7.45. The minimum atomic E-state index is -0.560. The van der Waals surface area contributed by atoms with Gasteiger partial charge in [-0.15, -0.1) is 6.58 Å². The van der Waals surface area contributed by atoms with Crippen molar-refractivity contribution in [1.82, 2.24) is 10.2 Å². The van der Waals surface area contributed by atoms with E-state index < -0.39 is 11.7 Å². The maximum Gasteiger partial charge on any atom is 0.410 e. The molecule has 2 rings (SSSR count). The third kappa shape index (κ3) is 6.10. The number of likely N-dealkylation sites (tertiary alicyclic amines) is 1. The van der Waals surface area contributed by atoms with E-state index in [4.69, 9.17) is 9.47 Å². The van der Waals surface area contributed by atoms with Crippen LogP contribution < -0.4 is 5.32 Å². The molecule has 0 bridgehead atoms. The number of hydrogen-bond acceptors (Lipinski definition) is 4. The molecule has 26 heavy (non-hydrogen) atoms. The molecule has 142 valence electrons. The number of nitrogens with one attached hydrogen (secondary N) is 1. The molecule has 0 aliphatic carbocycles. The third-order valence-corrected chi connectivity index (χ3v) is 4.02. The second kappa shape index (κ2) is 8.74. The van der Waals surface area contributed by atoms with Crippen molar-refractivity contribution in [2.24, 2.45) is 0 Å². The van der Waals surface area contributed by atoms with Crippen LogP contribution in [0.4, 0.5) is 9.59 Å². The quantitative estimate of drug-likeness (QED) is 0.810. The van der Waals surface area contributed by atoms with Gasteiger partial charge in [0.05, 0.1) is 6.04 Å². The fourth-order valence-corrected chi connectivity index (χ4v) is 2.91. The van der Waals surface area contributed by atoms with Crippen LogP contribution in [0.1, 0.15) is 39.2 Å². The molecular weight excluding hydrogens is 332 g/mol. The molecule has 0 saturated carbocycles. The lowest BCUT2D eigenvalue weighted by Gasteiger charge is -2.28. The number of carbonyl (C=O) groups excluding carboxylic acids is 2. The molecule has 1 heterocycles. The zero-order chi connectivity index (χ0) is 19.2. The van der Waals surface area contributed by atoms with Crippen LogP contribution in [0.3, 0.4) is 0 Å². The molecule has 2 atom stereocenters. The summed E-state index contributed by atoms with van der Waals surface area (Å²) in [5, 5.41) is 2.84. The van der Waals surface area contributed by atoms with Gasteiger partial charge in [0.25, 0.3) is 0 Å². The summed E-state index contributed by atoms with van der Waals surface area (Å²) in [4.78, 5) is 26.1. The van der Waals surface area contributed by atoms with Crippen molar-refractivity contribution in [2.75, 3.05) is 6.54 Å². The summed E-state index contributed by atoms with van der Waals surface area (Å²) in [6, 6.07) is 9.28. The van der Waals surface area contributed by atoms with E-state index in [2.05, 4.69) is 11.9 Å². The summed E-state index contributed by atoms with van der Waals surface area (Å²) in [5.41, 5.74) is 0.365. The van der Waals surface area contributed by atoms with Gasteiger partial charge in [0.1, 0.15) is 12.2 Å². The molecule has 1 aromatic carbocycles. The maximum atomic E-state index is 12.4. The van der Waals surface area contributed by atoms with Gasteiger partial charge in [-0.1, -0.05) is 36.4 Å². The number of hydrogen-bond donors (Lipinski definition) is 1. The van der Waals surface area contributed by atoms with Crippen molar-refractivity contribution in [2.45, 2.75) is 57.9 Å². The van der Waals surface area contributed by atoms with Crippen LogP contribution in [0.15, 0.2) is 43.0 Å². The fourth-order valence-electron chi connectivity index (χ4n) is 2.91. The van der Waals surface area contributed by atoms with Gasteiger partial charge >= 0.3 is 12.2 Å². The van der Waals surface area contributed by atoms with Crippen LogP contribution in [0.5, 0.6) is 0 Å². The van der Waals surface area contributed by atoms with Crippen LogP contribution >= 0.6 is 0 Å². The van der Waals surface area contributed by atoms with Gasteiger partial charge in [0, 0.05) is 12.6 Å². The third-order valence-electron chi connectivity index (χ3n) is 4.02. The maximum absolute atomic E-state index is 12.4. The number of amides is 2. The largest absolute Gasteiger partial charge is 0.445 e. The lowest BCUT2D eigenvalue weighted by molar-refractivity contribution is 0.0224. The van der Waals surface area contributed by atoms with E-state index in [9.17, 15) is 9.59 Å². The molecule has 1 saturated heterocycles. The first-order chi connectivity index (χ1) is 12.3. The highest BCUT2D eigenvalue weighted by Gasteiger charge is 2.37. The number of alkyl carbamates (subject to hydrolysis) is 1. The molecule has 0 unspecified atom stereocenters. The molecule has 1 aliphatic heterocycles. The van der Waals surface area contributed by atoms with Crippen molar-refractivity contribution in [1.29, 1.82) is 0 Å². The Morgan fingerprint density at radius 1 is 1.31 bits per heavy atom. The van der Waals surface area contributed by atoms with Gasteiger partial charge in [-0.2, -0.15) is 0 Å². The molecular formula is C20H28N2O4. The Bertz CT molecular complexity index is 624. The molecule has 1 aliphatic rings. The van der Waals surface area contributed by atoms with Crippen LogP contribution in [0, 0.1) is 0 Å². The van der Waals surface area contributed by atoms with Crippen molar-refractivity contribution in [3.63, 3.8) is 0 Å². The number of nitrogens with zero attached hydrogens (tertiary/aromatic N) is 1. The second-order valence-corrected chi connectivity index (χ2v) is 7.45. The topological polar surface area (TPSA) is 67.9 Å². The standard InChI is InChI=1S/C20H28N2O4/c1-5-9-17-12-16(13-22(17)19(24)26-20(2,3)4)21-18(23)25-14-15-10-7-6-8-11-15/h5-8,10-11,16-17H,1,9,12-14H2,2-4H3,(H,21,23)/t16-,17+/m0/s1. The Balaban J connectivity index is 1.88. The van der Waals surface area contributed by atoms with Crippen molar-refractivity contribution in [3.05, 3.63) is 48.6 Å². The van der Waals surface area contributed by atoms with Gasteiger partial charge in [-0.05, 0) is 39.2 Å². The summed E-state index contributed by atoms with van der Waals surface area (Å²) in [7, 11) is 0. The normalized spacial score (nSPS) is 19.7. The molecule has 1 fully saturated rings. The smallest absolute Gasteiger partial charge is 0.410 e. The molecule has 1 N–H and O–H groups in total. The average molecular weight is 360 g/mol. The van der Waals surface area contributed by atoms with E-state index in [1.54, 1.807) is 11.0 Å². The van der Waals surface area contributed by atoms with Gasteiger partial charge in [-0.25, -0.2) is 9.59 Å². The van der Waals surface area contributed by atoms with Crippen molar-refractivity contribution in [3.8, 4) is 0 Å². The van der Waals surface area contributed by atoms with Gasteiger partial charge < -0.3 is 19.7 Å². The number of benzene rings is 1. The number of carbonyl (C=O) groups is 2. The SMILES string of the molecule is C=CC[C@@H]1C[C@H](NC(=O)OCc2ccccc2)CN1C(=O)OC(C)(C)C. The van der Waals surface area contributed by atoms with E-state index in [-0.39, 0.29) is 24.8 Å². The Morgan fingerprint density at radius 3 is 2.62 bits per heavy atom. The Morgan fingerprint density at radius 2 is 2.00 bits per heavy atom. The Kier molecular flexibility index (Phi) is 6.66. The lowest BCUT2D eigenvalue weighted by atomic mass is 10.1. The molecule has 0 spiro atoms. The van der Waals surface area contributed by atoms with Gasteiger partial charge in [0.15, 0.2) is 0 Å². The Labute approximate surface area is 155 Å². The molecule has 0 radical (unpaired) electrons.